The summed E-state index contributed by atoms with van der Waals surface area (Å²) >= 11 is 0. The van der Waals surface area contributed by atoms with Crippen LogP contribution in [0.25, 0.3) is 0 Å². The van der Waals surface area contributed by atoms with Crippen molar-refractivity contribution in [3.63, 3.8) is 0 Å². The molecule has 4 atom stereocenters. The van der Waals surface area contributed by atoms with Gasteiger partial charge in [0.25, 0.3) is 0 Å². The van der Waals surface area contributed by atoms with Crippen molar-refractivity contribution in [1.29, 1.82) is 0 Å². The Morgan fingerprint density at radius 2 is 1.17 bits per heavy atom. The molecule has 0 bridgehead atoms. The lowest BCUT2D eigenvalue weighted by Crippen LogP contribution is -2.50. The summed E-state index contributed by atoms with van der Waals surface area (Å²) in [5, 5.41) is 46.6. The predicted octanol–water partition coefficient (Wildman–Crippen LogP) is 2.54. The summed E-state index contributed by atoms with van der Waals surface area (Å²) in [6.07, 6.45) is 7.38. The average Bonchev–Trinajstić information content (AvgIpc) is 2.73. The van der Waals surface area contributed by atoms with Crippen LogP contribution in [0.4, 0.5) is 0 Å². The standard InChI is InChI=1S/C22H42O8/c1-2-3-4-5-6-7-8-9-10-11-12-13-14-15-18(25)30-21(22(28)29)20(27)19(26)17(24)16-23/h17,19-21,23-24,26-27H,2-16H2,1H3,(H,28,29)/t17-,19-,20+,21-/m1/s1. The van der Waals surface area contributed by atoms with Gasteiger partial charge in [0.2, 0.25) is 6.10 Å². The molecule has 0 unspecified atom stereocenters. The van der Waals surface area contributed by atoms with Gasteiger partial charge in [0, 0.05) is 6.42 Å². The number of rotatable bonds is 20. The lowest BCUT2D eigenvalue weighted by molar-refractivity contribution is -0.182. The number of aliphatic hydroxyl groups is 4. The zero-order valence-corrected chi connectivity index (χ0v) is 18.4. The Bertz CT molecular complexity index is 443. The van der Waals surface area contributed by atoms with E-state index in [4.69, 9.17) is 14.9 Å². The van der Waals surface area contributed by atoms with Gasteiger partial charge in [0.05, 0.1) is 6.61 Å². The van der Waals surface area contributed by atoms with Crippen LogP contribution >= 0.6 is 0 Å². The van der Waals surface area contributed by atoms with Crippen LogP contribution in [-0.4, -0.2) is 68.5 Å². The van der Waals surface area contributed by atoms with Crippen molar-refractivity contribution < 1.29 is 39.9 Å². The highest BCUT2D eigenvalue weighted by atomic mass is 16.6. The third-order valence-corrected chi connectivity index (χ3v) is 5.23. The molecule has 0 aromatic carbocycles. The monoisotopic (exact) mass is 434 g/mol. The second kappa shape index (κ2) is 18.5. The van der Waals surface area contributed by atoms with E-state index >= 15 is 0 Å². The van der Waals surface area contributed by atoms with Crippen LogP contribution in [0.2, 0.25) is 0 Å². The Labute approximate surface area is 180 Å². The minimum Gasteiger partial charge on any atom is -0.478 e. The molecule has 0 aliphatic heterocycles. The topological polar surface area (TPSA) is 145 Å². The van der Waals surface area contributed by atoms with Crippen LogP contribution in [0.15, 0.2) is 0 Å². The summed E-state index contributed by atoms with van der Waals surface area (Å²) in [4.78, 5) is 23.0. The van der Waals surface area contributed by atoms with Gasteiger partial charge in [0.15, 0.2) is 0 Å². The highest BCUT2D eigenvalue weighted by Gasteiger charge is 2.38. The number of ether oxygens (including phenoxy) is 1. The van der Waals surface area contributed by atoms with Crippen molar-refractivity contribution in [2.24, 2.45) is 0 Å². The number of carbonyl (C=O) groups is 2. The largest absolute Gasteiger partial charge is 0.478 e. The molecule has 0 aliphatic rings. The van der Waals surface area contributed by atoms with Crippen molar-refractivity contribution in [1.82, 2.24) is 0 Å². The number of carboxylic acid groups (broad SMARTS) is 1. The molecule has 0 saturated carbocycles. The highest BCUT2D eigenvalue weighted by Crippen LogP contribution is 2.14. The SMILES string of the molecule is CCCCCCCCCCCCCCCC(=O)O[C@@H](C(=O)O)[C@@H](O)[C@H](O)[C@H](O)CO. The van der Waals surface area contributed by atoms with Gasteiger partial charge < -0.3 is 30.3 Å². The van der Waals surface area contributed by atoms with E-state index in [1.807, 2.05) is 0 Å². The van der Waals surface area contributed by atoms with Crippen molar-refractivity contribution in [3.05, 3.63) is 0 Å². The number of carboxylic acids is 1. The molecule has 0 rings (SSSR count). The van der Waals surface area contributed by atoms with Crippen molar-refractivity contribution in [2.45, 2.75) is 121 Å². The zero-order chi connectivity index (χ0) is 22.8. The number of unbranched alkanes of at least 4 members (excludes halogenated alkanes) is 12. The Kier molecular flexibility index (Phi) is 17.8. The summed E-state index contributed by atoms with van der Waals surface area (Å²) in [6.45, 7) is 1.36. The lowest BCUT2D eigenvalue weighted by atomic mass is 10.0. The van der Waals surface area contributed by atoms with E-state index in [9.17, 15) is 24.9 Å². The van der Waals surface area contributed by atoms with Gasteiger partial charge in [-0.15, -0.1) is 0 Å². The molecule has 0 aliphatic carbocycles. The number of esters is 1. The van der Waals surface area contributed by atoms with E-state index in [0.29, 0.717) is 6.42 Å². The Balaban J connectivity index is 3.83. The number of hydrogen-bond donors (Lipinski definition) is 5. The second-order valence-corrected chi connectivity index (χ2v) is 7.97. The number of hydrogen-bond acceptors (Lipinski definition) is 7. The van der Waals surface area contributed by atoms with E-state index in [1.54, 1.807) is 0 Å². The molecule has 0 spiro atoms. The predicted molar refractivity (Wildman–Crippen MR) is 113 cm³/mol. The molecule has 8 heteroatoms. The smallest absolute Gasteiger partial charge is 0.347 e. The van der Waals surface area contributed by atoms with E-state index in [-0.39, 0.29) is 6.42 Å². The third-order valence-electron chi connectivity index (χ3n) is 5.23. The molecule has 0 radical (unpaired) electrons. The Morgan fingerprint density at radius 3 is 1.57 bits per heavy atom. The van der Waals surface area contributed by atoms with Gasteiger partial charge in [-0.1, -0.05) is 84.0 Å². The minimum atomic E-state index is -2.04. The van der Waals surface area contributed by atoms with Gasteiger partial charge >= 0.3 is 11.9 Å². The first-order valence-corrected chi connectivity index (χ1v) is 11.4. The molecular formula is C22H42O8. The maximum absolute atomic E-state index is 11.8. The van der Waals surface area contributed by atoms with Gasteiger partial charge in [-0.05, 0) is 6.42 Å². The van der Waals surface area contributed by atoms with E-state index < -0.39 is 43.0 Å². The van der Waals surface area contributed by atoms with Crippen LogP contribution in [0.1, 0.15) is 96.8 Å². The second-order valence-electron chi connectivity index (χ2n) is 7.97. The Hall–Kier alpha value is -1.22. The molecule has 30 heavy (non-hydrogen) atoms. The summed E-state index contributed by atoms with van der Waals surface area (Å²) in [6, 6.07) is 0. The fourth-order valence-corrected chi connectivity index (χ4v) is 3.27. The zero-order valence-electron chi connectivity index (χ0n) is 18.4. The number of carbonyl (C=O) groups excluding carboxylic acids is 1. The molecular weight excluding hydrogens is 392 g/mol. The molecule has 5 N–H and O–H groups in total. The first-order valence-electron chi connectivity index (χ1n) is 11.4. The quantitative estimate of drug-likeness (QED) is 0.145. The van der Waals surface area contributed by atoms with Crippen LogP contribution in [0.3, 0.4) is 0 Å². The van der Waals surface area contributed by atoms with Crippen molar-refractivity contribution in [2.75, 3.05) is 6.61 Å². The van der Waals surface area contributed by atoms with Crippen molar-refractivity contribution >= 4 is 11.9 Å². The number of aliphatic hydroxyl groups excluding tert-OH is 4. The van der Waals surface area contributed by atoms with Crippen LogP contribution < -0.4 is 0 Å². The lowest BCUT2D eigenvalue weighted by Gasteiger charge is -2.26. The highest BCUT2D eigenvalue weighted by molar-refractivity contribution is 5.78. The van der Waals surface area contributed by atoms with Gasteiger partial charge in [0.1, 0.15) is 18.3 Å². The van der Waals surface area contributed by atoms with Gasteiger partial charge in [-0.2, -0.15) is 0 Å². The van der Waals surface area contributed by atoms with E-state index in [1.165, 1.54) is 57.8 Å². The van der Waals surface area contributed by atoms with E-state index in [0.717, 1.165) is 19.3 Å². The van der Waals surface area contributed by atoms with Crippen molar-refractivity contribution in [3.8, 4) is 0 Å². The van der Waals surface area contributed by atoms with Crippen LogP contribution in [0, 0.1) is 0 Å². The maximum Gasteiger partial charge on any atom is 0.347 e. The van der Waals surface area contributed by atoms with Gasteiger partial charge in [-0.3, -0.25) is 4.79 Å². The average molecular weight is 435 g/mol. The van der Waals surface area contributed by atoms with E-state index in [2.05, 4.69) is 6.92 Å². The first-order chi connectivity index (χ1) is 14.3. The summed E-state index contributed by atoms with van der Waals surface area (Å²) in [5.41, 5.74) is 0. The van der Waals surface area contributed by atoms with Crippen LogP contribution in [-0.2, 0) is 14.3 Å². The molecule has 0 fully saturated rings. The summed E-state index contributed by atoms with van der Waals surface area (Å²) in [5.74, 6) is -2.42. The third kappa shape index (κ3) is 13.9. The normalized spacial score (nSPS) is 15.4. The maximum atomic E-state index is 11.8. The summed E-state index contributed by atoms with van der Waals surface area (Å²) < 4.78 is 4.76. The molecule has 0 aromatic heterocycles. The minimum absolute atomic E-state index is 0.0207. The fraction of sp³-hybridized carbons (Fsp3) is 0.909. The Morgan fingerprint density at radius 1 is 0.733 bits per heavy atom. The summed E-state index contributed by atoms with van der Waals surface area (Å²) in [7, 11) is 0. The fourth-order valence-electron chi connectivity index (χ4n) is 3.27. The molecule has 8 nitrogen and oxygen atoms in total. The molecule has 0 saturated heterocycles. The number of aliphatic carboxylic acids is 1. The first kappa shape index (κ1) is 28.8. The molecule has 0 aromatic rings. The molecule has 178 valence electrons. The van der Waals surface area contributed by atoms with Crippen LogP contribution in [0.5, 0.6) is 0 Å². The van der Waals surface area contributed by atoms with Gasteiger partial charge in [-0.25, -0.2) is 4.79 Å². The molecule has 0 amide bonds. The molecule has 0 heterocycles.